The van der Waals surface area contributed by atoms with Crippen LogP contribution in [-0.2, 0) is 20.0 Å². The first-order chi connectivity index (χ1) is 20.0. The Morgan fingerprint density at radius 3 is 1.46 bits per heavy atom. The highest BCUT2D eigenvalue weighted by molar-refractivity contribution is 5.92. The molecule has 0 atom stereocenters. The van der Waals surface area contributed by atoms with Crippen LogP contribution < -0.4 is 10.8 Å². The van der Waals surface area contributed by atoms with Crippen LogP contribution in [0.2, 0.25) is 0 Å². The Balaban J connectivity index is 1.28. The minimum absolute atomic E-state index is 0.127. The molecule has 0 spiro atoms. The lowest BCUT2D eigenvalue weighted by Gasteiger charge is -2.35. The van der Waals surface area contributed by atoms with Crippen molar-refractivity contribution in [2.45, 2.75) is 44.1 Å². The van der Waals surface area contributed by atoms with Crippen molar-refractivity contribution in [3.05, 3.63) is 138 Å². The maximum Gasteiger partial charge on any atom is 0.335 e. The normalized spacial score (nSPS) is 11.0. The van der Waals surface area contributed by atoms with Crippen molar-refractivity contribution < 1.29 is 24.3 Å². The van der Waals surface area contributed by atoms with Crippen molar-refractivity contribution in [1.29, 1.82) is 0 Å². The molecule has 2 amide bonds. The quantitative estimate of drug-likeness (QED) is 0.0920. The summed E-state index contributed by atoms with van der Waals surface area (Å²) < 4.78 is 0. The first kappa shape index (κ1) is 29.2. The van der Waals surface area contributed by atoms with E-state index in [1.54, 1.807) is 12.1 Å². The maximum absolute atomic E-state index is 12.9. The van der Waals surface area contributed by atoms with E-state index in [4.69, 9.17) is 9.94 Å². The van der Waals surface area contributed by atoms with Gasteiger partial charge >= 0.3 is 5.97 Å². The molecule has 0 aliphatic rings. The van der Waals surface area contributed by atoms with Gasteiger partial charge < -0.3 is 10.4 Å². The fourth-order valence-corrected chi connectivity index (χ4v) is 4.72. The number of anilines is 1. The van der Waals surface area contributed by atoms with Crippen molar-refractivity contribution in [3.8, 4) is 0 Å². The van der Waals surface area contributed by atoms with Crippen LogP contribution in [-0.4, -0.2) is 22.9 Å². The Morgan fingerprint density at radius 2 is 1.02 bits per heavy atom. The Morgan fingerprint density at radius 1 is 0.585 bits per heavy atom. The summed E-state index contributed by atoms with van der Waals surface area (Å²) in [6.45, 7) is 0. The fourth-order valence-electron chi connectivity index (χ4n) is 4.72. The van der Waals surface area contributed by atoms with Crippen LogP contribution in [0.3, 0.4) is 0 Å². The third-order valence-corrected chi connectivity index (χ3v) is 6.83. The summed E-state index contributed by atoms with van der Waals surface area (Å²) in [7, 11) is 0. The van der Waals surface area contributed by atoms with Crippen LogP contribution in [0.25, 0.3) is 0 Å². The Hall–Kier alpha value is -4.75. The molecule has 4 aromatic rings. The predicted molar refractivity (Wildman–Crippen MR) is 158 cm³/mol. The van der Waals surface area contributed by atoms with Crippen LogP contribution in [0.5, 0.6) is 0 Å². The van der Waals surface area contributed by atoms with Crippen LogP contribution in [0, 0.1) is 0 Å². The van der Waals surface area contributed by atoms with E-state index in [-0.39, 0.29) is 17.4 Å². The summed E-state index contributed by atoms with van der Waals surface area (Å²) in [6.07, 6.45) is 3.62. The van der Waals surface area contributed by atoms with Crippen LogP contribution in [0.4, 0.5) is 5.69 Å². The molecule has 4 aromatic carbocycles. The molecule has 0 heterocycles. The van der Waals surface area contributed by atoms with E-state index in [1.807, 2.05) is 91.0 Å². The molecule has 0 radical (unpaired) electrons. The van der Waals surface area contributed by atoms with E-state index < -0.39 is 11.6 Å². The number of carboxylic acids is 1. The summed E-state index contributed by atoms with van der Waals surface area (Å²) in [5, 5.41) is 11.7. The number of hydrogen-bond donors (Lipinski definition) is 3. The zero-order chi connectivity index (χ0) is 28.9. The summed E-state index contributed by atoms with van der Waals surface area (Å²) in [6, 6.07) is 35.6. The number of aromatic carboxylic acids is 1. The standard InChI is InChI=1S/C34H34N2O5/c37-31(35-30-24-22-26(23-25-30)33(39)40)20-12-1-2-13-21-32(38)36-41-34(27-14-6-3-7-15-27,28-16-8-4-9-17-28)29-18-10-5-11-19-29/h3-11,14-19,22-25H,1-2,12-13,20-21H2,(H,35,37)(H,36,38)(H,39,40). The van der Waals surface area contributed by atoms with E-state index in [1.165, 1.54) is 12.1 Å². The van der Waals surface area contributed by atoms with E-state index in [2.05, 4.69) is 10.8 Å². The monoisotopic (exact) mass is 550 g/mol. The lowest BCUT2D eigenvalue weighted by atomic mass is 9.80. The van der Waals surface area contributed by atoms with E-state index in [0.29, 0.717) is 31.4 Å². The molecule has 41 heavy (non-hydrogen) atoms. The molecule has 7 heteroatoms. The van der Waals surface area contributed by atoms with Gasteiger partial charge in [0.2, 0.25) is 11.8 Å². The maximum atomic E-state index is 12.9. The smallest absolute Gasteiger partial charge is 0.335 e. The summed E-state index contributed by atoms with van der Waals surface area (Å²) in [4.78, 5) is 42.3. The van der Waals surface area contributed by atoms with Gasteiger partial charge in [-0.15, -0.1) is 0 Å². The number of carbonyl (C=O) groups excluding carboxylic acids is 2. The van der Waals surface area contributed by atoms with Gasteiger partial charge in [0.05, 0.1) is 5.56 Å². The van der Waals surface area contributed by atoms with Crippen LogP contribution in [0.15, 0.2) is 115 Å². The third kappa shape index (κ3) is 7.90. The second-order valence-corrected chi connectivity index (χ2v) is 9.75. The fraction of sp³-hybridized carbons (Fsp3) is 0.206. The molecule has 0 unspecified atom stereocenters. The van der Waals surface area contributed by atoms with Gasteiger partial charge in [-0.05, 0) is 53.8 Å². The van der Waals surface area contributed by atoms with Gasteiger partial charge in [0, 0.05) is 18.5 Å². The molecule has 0 saturated carbocycles. The van der Waals surface area contributed by atoms with Crippen molar-refractivity contribution in [2.24, 2.45) is 0 Å². The highest BCUT2D eigenvalue weighted by Gasteiger charge is 2.39. The number of hydrogen-bond acceptors (Lipinski definition) is 4. The molecule has 0 aromatic heterocycles. The number of nitrogens with one attached hydrogen (secondary N) is 2. The molecule has 7 nitrogen and oxygen atoms in total. The molecule has 0 aliphatic heterocycles. The largest absolute Gasteiger partial charge is 0.478 e. The molecule has 0 aliphatic carbocycles. The van der Waals surface area contributed by atoms with Gasteiger partial charge in [0.1, 0.15) is 0 Å². The summed E-state index contributed by atoms with van der Waals surface area (Å²) in [5.74, 6) is -1.34. The topological polar surface area (TPSA) is 105 Å². The highest BCUT2D eigenvalue weighted by atomic mass is 16.7. The van der Waals surface area contributed by atoms with Gasteiger partial charge in [-0.1, -0.05) is 104 Å². The second-order valence-electron chi connectivity index (χ2n) is 9.75. The van der Waals surface area contributed by atoms with Crippen molar-refractivity contribution in [1.82, 2.24) is 5.48 Å². The Kier molecular flexibility index (Phi) is 10.4. The highest BCUT2D eigenvalue weighted by Crippen LogP contribution is 2.39. The number of benzene rings is 4. The van der Waals surface area contributed by atoms with Crippen LogP contribution >= 0.6 is 0 Å². The minimum atomic E-state index is -1.03. The lowest BCUT2D eigenvalue weighted by Crippen LogP contribution is -2.40. The molecule has 4 rings (SSSR count). The molecular weight excluding hydrogens is 516 g/mol. The molecule has 0 saturated heterocycles. The zero-order valence-electron chi connectivity index (χ0n) is 22.8. The Labute approximate surface area is 240 Å². The number of amides is 2. The first-order valence-corrected chi connectivity index (χ1v) is 13.8. The number of unbranched alkanes of at least 4 members (excludes halogenated alkanes) is 3. The minimum Gasteiger partial charge on any atom is -0.478 e. The van der Waals surface area contributed by atoms with Crippen LogP contribution in [0.1, 0.15) is 65.6 Å². The number of carboxylic acid groups (broad SMARTS) is 1. The number of carbonyl (C=O) groups is 3. The predicted octanol–water partition coefficient (Wildman–Crippen LogP) is 6.70. The van der Waals surface area contributed by atoms with E-state index in [0.717, 1.165) is 29.5 Å². The SMILES string of the molecule is O=C(CCCCCCC(=O)Nc1ccc(C(=O)O)cc1)NOC(c1ccccc1)(c1ccccc1)c1ccccc1. The Bertz CT molecular complexity index is 1310. The molecular formula is C34H34N2O5. The van der Waals surface area contributed by atoms with Gasteiger partial charge in [0.25, 0.3) is 0 Å². The number of rotatable bonds is 14. The molecule has 0 fully saturated rings. The zero-order valence-corrected chi connectivity index (χ0v) is 22.8. The van der Waals surface area contributed by atoms with Gasteiger partial charge in [-0.3, -0.25) is 14.4 Å². The average molecular weight is 551 g/mol. The van der Waals surface area contributed by atoms with Crippen molar-refractivity contribution in [2.75, 3.05) is 5.32 Å². The third-order valence-electron chi connectivity index (χ3n) is 6.83. The molecule has 3 N–H and O–H groups in total. The van der Waals surface area contributed by atoms with Gasteiger partial charge in [-0.2, -0.15) is 0 Å². The summed E-state index contributed by atoms with van der Waals surface area (Å²) >= 11 is 0. The van der Waals surface area contributed by atoms with E-state index >= 15 is 0 Å². The van der Waals surface area contributed by atoms with Gasteiger partial charge in [-0.25, -0.2) is 10.3 Å². The average Bonchev–Trinajstić information content (AvgIpc) is 3.01. The number of hydroxylamine groups is 1. The van der Waals surface area contributed by atoms with Crippen molar-refractivity contribution >= 4 is 23.5 Å². The second kappa shape index (κ2) is 14.6. The van der Waals surface area contributed by atoms with Gasteiger partial charge in [0.15, 0.2) is 5.60 Å². The first-order valence-electron chi connectivity index (χ1n) is 13.8. The van der Waals surface area contributed by atoms with E-state index in [9.17, 15) is 14.4 Å². The summed E-state index contributed by atoms with van der Waals surface area (Å²) in [5.41, 5.74) is 5.12. The van der Waals surface area contributed by atoms with Crippen molar-refractivity contribution in [3.63, 3.8) is 0 Å². The lowest BCUT2D eigenvalue weighted by molar-refractivity contribution is -0.143. The molecule has 0 bridgehead atoms. The molecule has 210 valence electrons.